The van der Waals surface area contributed by atoms with Crippen molar-refractivity contribution in [3.63, 3.8) is 0 Å². The van der Waals surface area contributed by atoms with Gasteiger partial charge in [0.2, 0.25) is 0 Å². The molecule has 1 aromatic heterocycles. The topological polar surface area (TPSA) is 140 Å². The molecule has 12 nitrogen and oxygen atoms in total. The van der Waals surface area contributed by atoms with Crippen LogP contribution in [0, 0.1) is 0 Å². The smallest absolute Gasteiger partial charge is 0.323 e. The van der Waals surface area contributed by atoms with Crippen LogP contribution in [-0.2, 0) is 27.4 Å². The molecule has 1 saturated heterocycles. The third-order valence-corrected chi connectivity index (χ3v) is 10.4. The maximum absolute atomic E-state index is 13.5. The molecule has 0 radical (unpaired) electrons. The number of methoxy groups -OCH3 is 2. The number of nitrogens with one attached hydrogen (secondary N) is 3. The minimum Gasteiger partial charge on any atom is -0.497 e. The third-order valence-electron chi connectivity index (χ3n) is 9.50. The van der Waals surface area contributed by atoms with Crippen molar-refractivity contribution in [3.05, 3.63) is 107 Å². The number of amides is 3. The lowest BCUT2D eigenvalue weighted by molar-refractivity contribution is 0.0383. The molecule has 2 heterocycles. The molecule has 0 spiro atoms. The summed E-state index contributed by atoms with van der Waals surface area (Å²) in [4.78, 5) is 33.9. The number of aromatic nitrogens is 1. The van der Waals surface area contributed by atoms with E-state index in [0.717, 1.165) is 47.2 Å². The second kappa shape index (κ2) is 18.0. The van der Waals surface area contributed by atoms with Gasteiger partial charge < -0.3 is 34.9 Å². The Morgan fingerprint density at radius 1 is 0.875 bits per heavy atom. The number of carbonyl (C=O) groups is 2. The number of pyridine rings is 1. The summed E-state index contributed by atoms with van der Waals surface area (Å²) in [6, 6.07) is 23.6. The quantitative estimate of drug-likeness (QED) is 0.112. The lowest BCUT2D eigenvalue weighted by Crippen LogP contribution is -2.41. The molecule has 294 valence electrons. The molecule has 5 aromatic rings. The highest BCUT2D eigenvalue weighted by Gasteiger charge is 2.23. The summed E-state index contributed by atoms with van der Waals surface area (Å²) in [6.45, 7) is 10.6. The monoisotopic (exact) mass is 779 g/mol. The van der Waals surface area contributed by atoms with Crippen LogP contribution in [0.15, 0.2) is 90.0 Å². The van der Waals surface area contributed by atoms with Crippen LogP contribution in [0.4, 0.5) is 16.2 Å². The first kappa shape index (κ1) is 40.2. The zero-order valence-electron chi connectivity index (χ0n) is 32.7. The van der Waals surface area contributed by atoms with E-state index in [2.05, 4.69) is 46.6 Å². The number of hydrogen-bond acceptors (Lipinski definition) is 9. The molecule has 4 aromatic carbocycles. The average Bonchev–Trinajstić information content (AvgIpc) is 3.18. The standard InChI is InChI=1S/C43H49N5O7S/c1-43(2,3)30-25-37(40(53-5)39(26-30)56(6)51)47-42(50)46-36-11-12-38(35-10-8-7-9-34(35)36)55-32-13-14-44-31(27-32)22-28-21-29(24-33(23-28)52-4)41(49)45-15-16-48-17-19-54-20-18-48/h7-14,21,23-27H,15-20,22H2,1-6H3,(H,45,49)(H2,46,47,50). The first-order valence-corrected chi connectivity index (χ1v) is 20.0. The van der Waals surface area contributed by atoms with Crippen molar-refractivity contribution in [1.29, 1.82) is 0 Å². The molecule has 1 aliphatic rings. The minimum atomic E-state index is -1.34. The molecule has 1 fully saturated rings. The van der Waals surface area contributed by atoms with Gasteiger partial charge in [0.15, 0.2) is 5.75 Å². The zero-order chi connectivity index (χ0) is 39.8. The Kier molecular flexibility index (Phi) is 12.9. The van der Waals surface area contributed by atoms with E-state index < -0.39 is 16.8 Å². The summed E-state index contributed by atoms with van der Waals surface area (Å²) in [6.07, 6.45) is 3.72. The Morgan fingerprint density at radius 2 is 1.62 bits per heavy atom. The van der Waals surface area contributed by atoms with Crippen molar-refractivity contribution in [2.24, 2.45) is 0 Å². The van der Waals surface area contributed by atoms with Crippen LogP contribution < -0.4 is 30.2 Å². The highest BCUT2D eigenvalue weighted by Crippen LogP contribution is 2.38. The Morgan fingerprint density at radius 3 is 2.34 bits per heavy atom. The van der Waals surface area contributed by atoms with Crippen LogP contribution in [-0.4, -0.2) is 85.9 Å². The summed E-state index contributed by atoms with van der Waals surface area (Å²) in [5.41, 5.74) is 3.79. The number of hydrogen-bond donors (Lipinski definition) is 3. The fourth-order valence-corrected chi connectivity index (χ4v) is 7.26. The molecule has 13 heteroatoms. The first-order chi connectivity index (χ1) is 26.9. The van der Waals surface area contributed by atoms with E-state index in [1.807, 2.05) is 60.7 Å². The highest BCUT2D eigenvalue weighted by molar-refractivity contribution is 7.84. The maximum Gasteiger partial charge on any atom is 0.323 e. The van der Waals surface area contributed by atoms with Crippen molar-refractivity contribution < 1.29 is 32.7 Å². The molecule has 1 aliphatic heterocycles. The molecular formula is C43H49N5O7S. The molecule has 6 rings (SSSR count). The Labute approximate surface area is 330 Å². The van der Waals surface area contributed by atoms with Gasteiger partial charge in [0.05, 0.1) is 54.5 Å². The Balaban J connectivity index is 1.16. The van der Waals surface area contributed by atoms with Gasteiger partial charge in [0, 0.05) is 73.1 Å². The summed E-state index contributed by atoms with van der Waals surface area (Å²) in [5.74, 6) is 1.95. The van der Waals surface area contributed by atoms with E-state index in [4.69, 9.17) is 18.9 Å². The number of morpholine rings is 1. The Hall–Kier alpha value is -5.50. The van der Waals surface area contributed by atoms with Gasteiger partial charge in [-0.2, -0.15) is 0 Å². The number of urea groups is 1. The predicted molar refractivity (Wildman–Crippen MR) is 220 cm³/mol. The number of nitrogens with zero attached hydrogens (tertiary/aromatic N) is 2. The molecule has 3 amide bonds. The average molecular weight is 780 g/mol. The second-order valence-electron chi connectivity index (χ2n) is 14.5. The molecule has 0 saturated carbocycles. The lowest BCUT2D eigenvalue weighted by Gasteiger charge is -2.26. The van der Waals surface area contributed by atoms with Crippen LogP contribution in [0.1, 0.15) is 48.0 Å². The van der Waals surface area contributed by atoms with Crippen molar-refractivity contribution in [2.45, 2.75) is 37.5 Å². The molecule has 56 heavy (non-hydrogen) atoms. The van der Waals surface area contributed by atoms with Crippen molar-refractivity contribution >= 4 is 44.9 Å². The van der Waals surface area contributed by atoms with E-state index in [9.17, 15) is 13.8 Å². The van der Waals surface area contributed by atoms with Crippen LogP contribution >= 0.6 is 0 Å². The summed E-state index contributed by atoms with van der Waals surface area (Å²) < 4.78 is 35.6. The molecule has 1 unspecified atom stereocenters. The number of carbonyl (C=O) groups excluding carboxylic acids is 2. The molecule has 1 atom stereocenters. The van der Waals surface area contributed by atoms with Gasteiger partial charge in [-0.05, 0) is 65.1 Å². The van der Waals surface area contributed by atoms with Gasteiger partial charge >= 0.3 is 6.03 Å². The Bertz CT molecular complexity index is 2230. The van der Waals surface area contributed by atoms with E-state index in [-0.39, 0.29) is 11.3 Å². The van der Waals surface area contributed by atoms with Crippen LogP contribution in [0.25, 0.3) is 10.8 Å². The molecule has 0 aliphatic carbocycles. The van der Waals surface area contributed by atoms with Gasteiger partial charge in [-0.1, -0.05) is 45.0 Å². The van der Waals surface area contributed by atoms with Gasteiger partial charge in [0.25, 0.3) is 5.91 Å². The number of ether oxygens (including phenoxy) is 4. The van der Waals surface area contributed by atoms with E-state index >= 15 is 0 Å². The summed E-state index contributed by atoms with van der Waals surface area (Å²) in [5, 5.41) is 10.5. The van der Waals surface area contributed by atoms with Crippen molar-refractivity contribution in [3.8, 4) is 23.0 Å². The fraction of sp³-hybridized carbons (Fsp3) is 0.326. The van der Waals surface area contributed by atoms with Crippen LogP contribution in [0.5, 0.6) is 23.0 Å². The van der Waals surface area contributed by atoms with Gasteiger partial charge in [-0.15, -0.1) is 0 Å². The molecular weight excluding hydrogens is 731 g/mol. The highest BCUT2D eigenvalue weighted by atomic mass is 32.2. The van der Waals surface area contributed by atoms with Gasteiger partial charge in [-0.3, -0.25) is 18.9 Å². The maximum atomic E-state index is 13.5. The number of fused-ring (bicyclic) bond motifs is 1. The number of rotatable bonds is 13. The van der Waals surface area contributed by atoms with Crippen LogP contribution in [0.3, 0.4) is 0 Å². The predicted octanol–water partition coefficient (Wildman–Crippen LogP) is 7.38. The van der Waals surface area contributed by atoms with E-state index in [0.29, 0.717) is 71.0 Å². The zero-order valence-corrected chi connectivity index (χ0v) is 33.5. The molecule has 3 N–H and O–H groups in total. The summed E-state index contributed by atoms with van der Waals surface area (Å²) >= 11 is 0. The normalized spacial score (nSPS) is 13.8. The fourth-order valence-electron chi connectivity index (χ4n) is 6.52. The number of benzene rings is 4. The van der Waals surface area contributed by atoms with Crippen molar-refractivity contribution in [2.75, 3.05) is 70.5 Å². The summed E-state index contributed by atoms with van der Waals surface area (Å²) in [7, 11) is 1.73. The first-order valence-electron chi connectivity index (χ1n) is 18.5. The van der Waals surface area contributed by atoms with Gasteiger partial charge in [0.1, 0.15) is 17.2 Å². The third kappa shape index (κ3) is 10.0. The largest absolute Gasteiger partial charge is 0.497 e. The molecule has 0 bridgehead atoms. The second-order valence-corrected chi connectivity index (χ2v) is 15.9. The lowest BCUT2D eigenvalue weighted by atomic mass is 9.86. The van der Waals surface area contributed by atoms with Gasteiger partial charge in [-0.25, -0.2) is 4.79 Å². The minimum absolute atomic E-state index is 0.163. The number of anilines is 2. The van der Waals surface area contributed by atoms with E-state index in [1.54, 1.807) is 37.8 Å². The van der Waals surface area contributed by atoms with Crippen LogP contribution in [0.2, 0.25) is 0 Å². The van der Waals surface area contributed by atoms with E-state index in [1.165, 1.54) is 7.11 Å². The SMILES string of the molecule is COc1cc(Cc2cc(Oc3ccc(NC(=O)Nc4cc(C(C)(C)C)cc(S(C)=O)c4OC)c4ccccc34)ccn2)cc(C(=O)NCCN2CCOCC2)c1. The van der Waals surface area contributed by atoms with Crippen molar-refractivity contribution in [1.82, 2.24) is 15.2 Å².